The van der Waals surface area contributed by atoms with E-state index >= 15 is 0 Å². The van der Waals surface area contributed by atoms with E-state index in [-0.39, 0.29) is 29.8 Å². The van der Waals surface area contributed by atoms with Gasteiger partial charge in [0, 0.05) is 31.8 Å². The number of nitrogens with zero attached hydrogens (tertiary/aromatic N) is 1. The minimum atomic E-state index is -0.922. The number of ketones is 1. The Kier molecular flexibility index (Phi) is 8.76. The van der Waals surface area contributed by atoms with Crippen LogP contribution in [0.3, 0.4) is 0 Å². The molecule has 1 amide bonds. The van der Waals surface area contributed by atoms with E-state index in [2.05, 4.69) is 0 Å². The number of esters is 1. The maximum Gasteiger partial charge on any atom is 0.342 e. The van der Waals surface area contributed by atoms with Crippen molar-refractivity contribution in [1.29, 1.82) is 0 Å². The summed E-state index contributed by atoms with van der Waals surface area (Å²) in [6, 6.07) is 3.16. The van der Waals surface area contributed by atoms with Crippen molar-refractivity contribution in [3.8, 4) is 5.75 Å². The quantitative estimate of drug-likeness (QED) is 0.353. The number of hydrogen-bond donors (Lipinski definition) is 0. The highest BCUT2D eigenvalue weighted by Gasteiger charge is 2.43. The van der Waals surface area contributed by atoms with Crippen molar-refractivity contribution in [2.45, 2.75) is 58.2 Å². The second-order valence-corrected chi connectivity index (χ2v) is 9.32. The molecular formula is C26H32BNO8. The van der Waals surface area contributed by atoms with Crippen LogP contribution in [0.1, 0.15) is 50.0 Å². The van der Waals surface area contributed by atoms with Gasteiger partial charge >= 0.3 is 5.97 Å². The molecule has 0 spiro atoms. The summed E-state index contributed by atoms with van der Waals surface area (Å²) in [6.07, 6.45) is 5.09. The third-order valence-corrected chi connectivity index (χ3v) is 6.10. The molecule has 1 fully saturated rings. The minimum absolute atomic E-state index is 0.131. The molecule has 0 aliphatic carbocycles. The standard InChI is InChI=1S/C26H32BNO8/c1-15-10-11-19(29)23-20(35-26(3,4)36-23)9-7-8-17-12-18(28(5)25(27)31)13-21(33-14-32-6)22(17)24(30)34-16(15)2/h7-8,10-13,15-16,20,23H,9,14H2,1-6H3/b8-7?,11-10-/t15-,16+,20+,23-/m1/s1. The van der Waals surface area contributed by atoms with E-state index in [9.17, 15) is 14.4 Å². The number of carbonyl (C=O) groups excluding carboxylic acids is 3. The molecule has 2 radical (unpaired) electrons. The fourth-order valence-electron chi connectivity index (χ4n) is 3.94. The fourth-order valence-corrected chi connectivity index (χ4v) is 3.94. The Morgan fingerprint density at radius 1 is 1.19 bits per heavy atom. The van der Waals surface area contributed by atoms with Gasteiger partial charge in [0.15, 0.2) is 24.2 Å². The molecule has 10 heteroatoms. The molecule has 2 heterocycles. The van der Waals surface area contributed by atoms with E-state index in [4.69, 9.17) is 31.5 Å². The highest BCUT2D eigenvalue weighted by molar-refractivity contribution is 6.60. The van der Waals surface area contributed by atoms with Gasteiger partial charge in [-0.1, -0.05) is 25.2 Å². The third kappa shape index (κ3) is 6.43. The molecule has 0 unspecified atom stereocenters. The van der Waals surface area contributed by atoms with Crippen LogP contribution in [0.5, 0.6) is 5.75 Å². The van der Waals surface area contributed by atoms with Gasteiger partial charge in [0.25, 0.3) is 0 Å². The summed E-state index contributed by atoms with van der Waals surface area (Å²) >= 11 is 0. The first-order valence-electron chi connectivity index (χ1n) is 11.7. The minimum Gasteiger partial charge on any atom is -0.467 e. The first-order valence-corrected chi connectivity index (χ1v) is 11.7. The van der Waals surface area contributed by atoms with Gasteiger partial charge in [-0.15, -0.1) is 0 Å². The molecule has 2 aliphatic heterocycles. The second-order valence-electron chi connectivity index (χ2n) is 9.32. The molecule has 0 bridgehead atoms. The van der Waals surface area contributed by atoms with Crippen molar-refractivity contribution in [1.82, 2.24) is 0 Å². The largest absolute Gasteiger partial charge is 0.467 e. The third-order valence-electron chi connectivity index (χ3n) is 6.10. The lowest BCUT2D eigenvalue weighted by atomic mass is 9.99. The highest BCUT2D eigenvalue weighted by atomic mass is 16.8. The Labute approximate surface area is 212 Å². The molecular weight excluding hydrogens is 465 g/mol. The van der Waals surface area contributed by atoms with Gasteiger partial charge in [-0.3, -0.25) is 9.59 Å². The van der Waals surface area contributed by atoms with Crippen molar-refractivity contribution in [3.63, 3.8) is 0 Å². The molecule has 3 rings (SSSR count). The average Bonchev–Trinajstić information content (AvgIpc) is 3.13. The Balaban J connectivity index is 2.13. The van der Waals surface area contributed by atoms with Crippen LogP contribution in [0.25, 0.3) is 6.08 Å². The van der Waals surface area contributed by atoms with Crippen LogP contribution in [0.4, 0.5) is 10.5 Å². The van der Waals surface area contributed by atoms with Gasteiger partial charge in [0.2, 0.25) is 7.85 Å². The molecule has 36 heavy (non-hydrogen) atoms. The van der Waals surface area contributed by atoms with E-state index in [0.717, 1.165) is 0 Å². The SMILES string of the molecule is [B]C(=O)N(C)c1cc2c(c(OCOC)c1)C(=O)O[C@@H](C)[C@H](C)/C=C\C(=O)[C@H]1OC(C)(C)O[C@H]1CC=C2. The molecule has 1 saturated heterocycles. The van der Waals surface area contributed by atoms with Crippen molar-refractivity contribution in [3.05, 3.63) is 41.5 Å². The van der Waals surface area contributed by atoms with Crippen LogP contribution in [-0.4, -0.2) is 70.5 Å². The zero-order chi connectivity index (χ0) is 26.6. The monoisotopic (exact) mass is 497 g/mol. The van der Waals surface area contributed by atoms with Crippen molar-refractivity contribution >= 4 is 37.2 Å². The number of cyclic esters (lactones) is 1. The number of methoxy groups -OCH3 is 1. The zero-order valence-electron chi connectivity index (χ0n) is 21.5. The van der Waals surface area contributed by atoms with Gasteiger partial charge in [-0.25, -0.2) is 4.79 Å². The summed E-state index contributed by atoms with van der Waals surface area (Å²) in [5.74, 6) is -2.54. The molecule has 0 saturated carbocycles. The normalized spacial score (nSPS) is 26.8. The molecule has 9 nitrogen and oxygen atoms in total. The molecule has 0 N–H and O–H groups in total. The smallest absolute Gasteiger partial charge is 0.342 e. The maximum absolute atomic E-state index is 13.3. The van der Waals surface area contributed by atoms with Gasteiger partial charge < -0.3 is 28.6 Å². The lowest BCUT2D eigenvalue weighted by molar-refractivity contribution is -0.152. The van der Waals surface area contributed by atoms with E-state index in [1.165, 1.54) is 31.2 Å². The zero-order valence-corrected chi connectivity index (χ0v) is 21.5. The van der Waals surface area contributed by atoms with Gasteiger partial charge in [-0.05, 0) is 44.9 Å². The lowest BCUT2D eigenvalue weighted by Gasteiger charge is -2.23. The summed E-state index contributed by atoms with van der Waals surface area (Å²) in [6.45, 7) is 6.97. The summed E-state index contributed by atoms with van der Waals surface area (Å²) in [5, 5.41) is 0. The maximum atomic E-state index is 13.3. The van der Waals surface area contributed by atoms with Crippen molar-refractivity contribution in [2.24, 2.45) is 5.92 Å². The number of carbonyl (C=O) groups is 3. The number of rotatable bonds is 4. The van der Waals surface area contributed by atoms with Crippen molar-refractivity contribution < 1.29 is 38.1 Å². The summed E-state index contributed by atoms with van der Waals surface area (Å²) < 4.78 is 28.3. The number of ether oxygens (including phenoxy) is 5. The average molecular weight is 497 g/mol. The van der Waals surface area contributed by atoms with E-state index < -0.39 is 35.9 Å². The second kappa shape index (κ2) is 11.4. The summed E-state index contributed by atoms with van der Waals surface area (Å²) in [4.78, 5) is 39.3. The summed E-state index contributed by atoms with van der Waals surface area (Å²) in [5.41, 5.74) is 1.01. The number of benzene rings is 1. The molecule has 1 aromatic carbocycles. The Bertz CT molecular complexity index is 1070. The predicted molar refractivity (Wildman–Crippen MR) is 134 cm³/mol. The summed E-state index contributed by atoms with van der Waals surface area (Å²) in [7, 11) is 8.43. The topological polar surface area (TPSA) is 101 Å². The van der Waals surface area contributed by atoms with E-state index in [1.54, 1.807) is 45.1 Å². The number of fused-ring (bicyclic) bond motifs is 2. The first kappa shape index (κ1) is 27.6. The van der Waals surface area contributed by atoms with Crippen molar-refractivity contribution in [2.75, 3.05) is 25.9 Å². The number of amides is 1. The van der Waals surface area contributed by atoms with Crippen LogP contribution in [-0.2, 0) is 23.7 Å². The van der Waals surface area contributed by atoms with Gasteiger partial charge in [0.05, 0.1) is 6.10 Å². The van der Waals surface area contributed by atoms with Crippen LogP contribution in [0, 0.1) is 5.92 Å². The first-order chi connectivity index (χ1) is 16.9. The Hall–Kier alpha value is -2.95. The number of anilines is 1. The van der Waals surface area contributed by atoms with Crippen LogP contribution in [0.2, 0.25) is 0 Å². The van der Waals surface area contributed by atoms with Crippen LogP contribution < -0.4 is 9.64 Å². The van der Waals surface area contributed by atoms with E-state index in [1.807, 2.05) is 6.92 Å². The van der Waals surface area contributed by atoms with Gasteiger partial charge in [0.1, 0.15) is 23.5 Å². The molecule has 192 valence electrons. The van der Waals surface area contributed by atoms with Crippen LogP contribution in [0.15, 0.2) is 30.4 Å². The predicted octanol–water partition coefficient (Wildman–Crippen LogP) is 3.64. The molecule has 2 aliphatic rings. The van der Waals surface area contributed by atoms with Gasteiger partial charge in [-0.2, -0.15) is 0 Å². The molecule has 4 atom stereocenters. The Morgan fingerprint density at radius 2 is 1.92 bits per heavy atom. The number of hydrogen-bond acceptors (Lipinski definition) is 8. The molecule has 1 aromatic rings. The van der Waals surface area contributed by atoms with E-state index in [0.29, 0.717) is 17.7 Å². The fraction of sp³-hybridized carbons (Fsp3) is 0.500. The lowest BCUT2D eigenvalue weighted by Crippen LogP contribution is -2.30. The Morgan fingerprint density at radius 3 is 2.58 bits per heavy atom. The van der Waals surface area contributed by atoms with Crippen LogP contribution >= 0.6 is 0 Å². The molecule has 0 aromatic heterocycles. The highest BCUT2D eigenvalue weighted by Crippen LogP contribution is 2.34.